The molecule has 0 saturated heterocycles. The number of rotatable bonds is 7. The van der Waals surface area contributed by atoms with Gasteiger partial charge in [-0.3, -0.25) is 9.53 Å². The summed E-state index contributed by atoms with van der Waals surface area (Å²) >= 11 is 0. The second kappa shape index (κ2) is 9.29. The summed E-state index contributed by atoms with van der Waals surface area (Å²) in [5, 5.41) is 10.5. The molecular formula is C22H18F6N4O3. The first-order valence-electron chi connectivity index (χ1n) is 10.4. The molecule has 1 amide bonds. The number of carbonyl (C=O) groups excluding carboxylic acids is 1. The van der Waals surface area contributed by atoms with Crippen LogP contribution in [0, 0.1) is 0 Å². The molecule has 1 N–H and O–H groups in total. The number of aromatic nitrogens is 3. The van der Waals surface area contributed by atoms with E-state index in [2.05, 4.69) is 31.8 Å². The number of carbonyl (C=O) groups is 1. The highest BCUT2D eigenvalue weighted by Crippen LogP contribution is 2.40. The quantitative estimate of drug-likeness (QED) is 0.443. The molecule has 0 bridgehead atoms. The van der Waals surface area contributed by atoms with Gasteiger partial charge in [-0.15, -0.1) is 23.4 Å². The monoisotopic (exact) mass is 500 g/mol. The molecule has 3 aromatic rings. The number of nitrogens with zero attached hydrogens (tertiary/aromatic N) is 3. The highest BCUT2D eigenvalue weighted by atomic mass is 19.4. The maximum atomic E-state index is 12.8. The Kier molecular flexibility index (Phi) is 6.54. The van der Waals surface area contributed by atoms with Crippen molar-refractivity contribution in [2.24, 2.45) is 0 Å². The standard InChI is InChI=1S/C22H18F6N4O3/c1-11(2-7-18-31-32-20(34-18)13-9-15(10-13)35-22(26,27)28)29-19(33)17-5-3-12-8-14(21(23,24)25)4-6-16(12)30-17/h3-6,8,13,15H,1-2,7,9-10H2,(H,29,33)/t13-,15+. The lowest BCUT2D eigenvalue weighted by Crippen LogP contribution is -2.34. The summed E-state index contributed by atoms with van der Waals surface area (Å²) in [6.45, 7) is 3.75. The van der Waals surface area contributed by atoms with Gasteiger partial charge in [-0.05, 0) is 43.5 Å². The van der Waals surface area contributed by atoms with Crippen molar-refractivity contribution >= 4 is 16.8 Å². The minimum atomic E-state index is -4.68. The third-order valence-corrected chi connectivity index (χ3v) is 5.41. The zero-order valence-electron chi connectivity index (χ0n) is 17.9. The largest absolute Gasteiger partial charge is 0.522 e. The molecule has 1 saturated carbocycles. The molecule has 13 heteroatoms. The molecule has 7 nitrogen and oxygen atoms in total. The number of aryl methyl sites for hydroxylation is 1. The molecule has 2 heterocycles. The van der Waals surface area contributed by atoms with Gasteiger partial charge in [0.2, 0.25) is 11.8 Å². The molecule has 186 valence electrons. The van der Waals surface area contributed by atoms with Crippen molar-refractivity contribution in [1.29, 1.82) is 0 Å². The summed E-state index contributed by atoms with van der Waals surface area (Å²) < 4.78 is 84.6. The zero-order valence-corrected chi connectivity index (χ0v) is 17.9. The number of allylic oxidation sites excluding steroid dienone is 1. The topological polar surface area (TPSA) is 90.1 Å². The van der Waals surface area contributed by atoms with E-state index >= 15 is 0 Å². The Morgan fingerprint density at radius 2 is 1.86 bits per heavy atom. The van der Waals surface area contributed by atoms with E-state index in [1.54, 1.807) is 0 Å². The van der Waals surface area contributed by atoms with Gasteiger partial charge in [-0.25, -0.2) is 4.98 Å². The van der Waals surface area contributed by atoms with Gasteiger partial charge in [0.05, 0.1) is 17.2 Å². The SMILES string of the molecule is C=C(CCc1nnc([C@H]2C[C@@H](OC(F)(F)F)C2)o1)NC(=O)c1ccc2cc(C(F)(F)F)ccc2n1. The van der Waals surface area contributed by atoms with Crippen molar-refractivity contribution in [2.75, 3.05) is 0 Å². The summed E-state index contributed by atoms with van der Waals surface area (Å²) in [4.78, 5) is 16.5. The molecule has 1 aliphatic rings. The van der Waals surface area contributed by atoms with E-state index in [1.807, 2.05) is 0 Å². The van der Waals surface area contributed by atoms with Gasteiger partial charge < -0.3 is 9.73 Å². The molecule has 0 atom stereocenters. The Hall–Kier alpha value is -3.48. The van der Waals surface area contributed by atoms with Gasteiger partial charge in [0.1, 0.15) is 5.69 Å². The fraction of sp³-hybridized carbons (Fsp3) is 0.364. The minimum absolute atomic E-state index is 0.000835. The van der Waals surface area contributed by atoms with Crippen LogP contribution in [0.2, 0.25) is 0 Å². The Balaban J connectivity index is 1.28. The maximum Gasteiger partial charge on any atom is 0.522 e. The molecule has 0 radical (unpaired) electrons. The van der Waals surface area contributed by atoms with E-state index in [0.29, 0.717) is 5.70 Å². The zero-order chi connectivity index (χ0) is 25.4. The van der Waals surface area contributed by atoms with E-state index < -0.39 is 30.1 Å². The number of hydrogen-bond donors (Lipinski definition) is 1. The lowest BCUT2D eigenvalue weighted by molar-refractivity contribution is -0.352. The maximum absolute atomic E-state index is 12.8. The van der Waals surface area contributed by atoms with Gasteiger partial charge >= 0.3 is 12.5 Å². The van der Waals surface area contributed by atoms with E-state index in [0.717, 1.165) is 12.1 Å². The average molecular weight is 500 g/mol. The molecule has 0 aliphatic heterocycles. The number of nitrogens with one attached hydrogen (secondary N) is 1. The van der Waals surface area contributed by atoms with Crippen LogP contribution in [0.4, 0.5) is 26.3 Å². The summed E-state index contributed by atoms with van der Waals surface area (Å²) in [5.41, 5.74) is -0.271. The molecule has 1 aromatic carbocycles. The van der Waals surface area contributed by atoms with E-state index in [1.165, 1.54) is 18.2 Å². The number of pyridine rings is 1. The van der Waals surface area contributed by atoms with Gasteiger partial charge in [0, 0.05) is 23.4 Å². The molecular weight excluding hydrogens is 482 g/mol. The molecule has 0 unspecified atom stereocenters. The molecule has 1 aliphatic carbocycles. The van der Waals surface area contributed by atoms with Crippen LogP contribution in [0.1, 0.15) is 53.0 Å². The van der Waals surface area contributed by atoms with Gasteiger partial charge in [0.25, 0.3) is 5.91 Å². The van der Waals surface area contributed by atoms with E-state index in [4.69, 9.17) is 4.42 Å². The molecule has 0 spiro atoms. The third-order valence-electron chi connectivity index (χ3n) is 5.41. The van der Waals surface area contributed by atoms with Crippen molar-refractivity contribution in [2.45, 2.75) is 50.2 Å². The Labute approximate surface area is 194 Å². The third kappa shape index (κ3) is 6.15. The minimum Gasteiger partial charge on any atom is -0.425 e. The smallest absolute Gasteiger partial charge is 0.425 e. The predicted molar refractivity (Wildman–Crippen MR) is 109 cm³/mol. The van der Waals surface area contributed by atoms with Crippen molar-refractivity contribution < 1.29 is 40.3 Å². The van der Waals surface area contributed by atoms with Crippen molar-refractivity contribution in [3.05, 3.63) is 65.6 Å². The normalized spacial score (nSPS) is 18.3. The van der Waals surface area contributed by atoms with Crippen LogP contribution in [0.25, 0.3) is 10.9 Å². The fourth-order valence-electron chi connectivity index (χ4n) is 3.56. The highest BCUT2D eigenvalue weighted by molar-refractivity contribution is 5.95. The van der Waals surface area contributed by atoms with Crippen molar-refractivity contribution in [1.82, 2.24) is 20.5 Å². The van der Waals surface area contributed by atoms with Gasteiger partial charge in [-0.2, -0.15) is 13.2 Å². The summed E-state index contributed by atoms with van der Waals surface area (Å²) in [5.74, 6) is -0.434. The van der Waals surface area contributed by atoms with Gasteiger partial charge in [0.15, 0.2) is 0 Å². The van der Waals surface area contributed by atoms with Gasteiger partial charge in [-0.1, -0.05) is 12.6 Å². The summed E-state index contributed by atoms with van der Waals surface area (Å²) in [6, 6.07) is 5.72. The first-order chi connectivity index (χ1) is 16.4. The lowest BCUT2D eigenvalue weighted by Gasteiger charge is -2.32. The summed E-state index contributed by atoms with van der Waals surface area (Å²) in [7, 11) is 0. The van der Waals surface area contributed by atoms with Crippen LogP contribution in [0.5, 0.6) is 0 Å². The number of benzene rings is 1. The highest BCUT2D eigenvalue weighted by Gasteiger charge is 2.42. The average Bonchev–Trinajstić information content (AvgIpc) is 3.21. The Bertz CT molecular complexity index is 1250. The number of alkyl halides is 6. The first-order valence-corrected chi connectivity index (χ1v) is 10.4. The predicted octanol–water partition coefficient (Wildman–Crippen LogP) is 5.30. The van der Waals surface area contributed by atoms with Crippen LogP contribution < -0.4 is 5.32 Å². The Morgan fingerprint density at radius 3 is 2.54 bits per heavy atom. The second-order valence-corrected chi connectivity index (χ2v) is 8.05. The number of ether oxygens (including phenoxy) is 1. The van der Waals surface area contributed by atoms with Crippen LogP contribution in [-0.4, -0.2) is 33.6 Å². The fourth-order valence-corrected chi connectivity index (χ4v) is 3.56. The first kappa shape index (κ1) is 24.6. The van der Waals surface area contributed by atoms with Crippen molar-refractivity contribution in [3.63, 3.8) is 0 Å². The molecule has 4 rings (SSSR count). The molecule has 2 aromatic heterocycles. The van der Waals surface area contributed by atoms with Crippen LogP contribution >= 0.6 is 0 Å². The van der Waals surface area contributed by atoms with Crippen molar-refractivity contribution in [3.8, 4) is 0 Å². The number of halogens is 6. The molecule has 35 heavy (non-hydrogen) atoms. The van der Waals surface area contributed by atoms with Crippen LogP contribution in [-0.2, 0) is 17.3 Å². The number of amides is 1. The van der Waals surface area contributed by atoms with Crippen LogP contribution in [0.15, 0.2) is 47.0 Å². The summed E-state index contributed by atoms with van der Waals surface area (Å²) in [6.07, 6.45) is -9.38. The molecule has 1 fully saturated rings. The number of fused-ring (bicyclic) bond motifs is 1. The van der Waals surface area contributed by atoms with Crippen LogP contribution in [0.3, 0.4) is 0 Å². The number of hydrogen-bond acceptors (Lipinski definition) is 6. The Morgan fingerprint density at radius 1 is 1.11 bits per heavy atom. The van der Waals surface area contributed by atoms with E-state index in [-0.39, 0.29) is 60.0 Å². The second-order valence-electron chi connectivity index (χ2n) is 8.05. The van der Waals surface area contributed by atoms with E-state index in [9.17, 15) is 31.1 Å². The lowest BCUT2D eigenvalue weighted by atomic mass is 9.82.